The van der Waals surface area contributed by atoms with Crippen molar-refractivity contribution in [2.24, 2.45) is 16.6 Å². The van der Waals surface area contributed by atoms with Crippen LogP contribution in [0.15, 0.2) is 29.3 Å². The Bertz CT molecular complexity index is 552. The molecule has 0 spiro atoms. The highest BCUT2D eigenvalue weighted by Gasteiger charge is 2.30. The van der Waals surface area contributed by atoms with Crippen LogP contribution >= 0.6 is 0 Å². The summed E-state index contributed by atoms with van der Waals surface area (Å²) in [5, 5.41) is 2.88. The molecule has 5 nitrogen and oxygen atoms in total. The first-order valence-corrected chi connectivity index (χ1v) is 8.51. The lowest BCUT2D eigenvalue weighted by Crippen LogP contribution is -2.35. The number of benzene rings is 1. The zero-order valence-electron chi connectivity index (χ0n) is 14.4. The summed E-state index contributed by atoms with van der Waals surface area (Å²) in [4.78, 5) is 6.81. The maximum absolute atomic E-state index is 12.1. The van der Waals surface area contributed by atoms with Crippen molar-refractivity contribution in [3.05, 3.63) is 24.3 Å². The average molecular weight is 358 g/mol. The summed E-state index contributed by atoms with van der Waals surface area (Å²) < 4.78 is 40.2. The fourth-order valence-corrected chi connectivity index (χ4v) is 2.86. The molecule has 1 heterocycles. The van der Waals surface area contributed by atoms with E-state index in [4.69, 9.17) is 5.73 Å². The smallest absolute Gasteiger partial charge is 0.406 e. The number of nitrogens with one attached hydrogen (secondary N) is 1. The summed E-state index contributed by atoms with van der Waals surface area (Å²) >= 11 is 0. The highest BCUT2D eigenvalue weighted by Crippen LogP contribution is 2.24. The molecule has 140 valence electrons. The second-order valence-electron chi connectivity index (χ2n) is 6.21. The molecule has 0 aliphatic carbocycles. The summed E-state index contributed by atoms with van der Waals surface area (Å²) in [6, 6.07) is 5.39. The van der Waals surface area contributed by atoms with Gasteiger partial charge in [0, 0.05) is 12.2 Å². The van der Waals surface area contributed by atoms with Crippen LogP contribution in [0.4, 0.5) is 18.9 Å². The van der Waals surface area contributed by atoms with Crippen molar-refractivity contribution in [2.75, 3.05) is 31.5 Å². The minimum Gasteiger partial charge on any atom is -0.406 e. The molecule has 0 radical (unpaired) electrons. The van der Waals surface area contributed by atoms with E-state index in [1.807, 2.05) is 0 Å². The van der Waals surface area contributed by atoms with Crippen LogP contribution in [-0.2, 0) is 0 Å². The molecule has 1 aromatic carbocycles. The highest BCUT2D eigenvalue weighted by atomic mass is 19.4. The maximum atomic E-state index is 12.1. The number of halogens is 3. The molecule has 1 aliphatic heterocycles. The Morgan fingerprint density at radius 1 is 1.28 bits per heavy atom. The molecular formula is C17H25F3N4O. The first kappa shape index (κ1) is 19.4. The predicted octanol–water partition coefficient (Wildman–Crippen LogP) is 3.43. The van der Waals surface area contributed by atoms with Crippen molar-refractivity contribution in [2.45, 2.75) is 32.5 Å². The van der Waals surface area contributed by atoms with Gasteiger partial charge in [0.15, 0.2) is 5.96 Å². The molecule has 1 aromatic rings. The van der Waals surface area contributed by atoms with Gasteiger partial charge in [0.1, 0.15) is 5.75 Å². The lowest BCUT2D eigenvalue weighted by Gasteiger charge is -2.30. The lowest BCUT2D eigenvalue weighted by atomic mass is 9.97. The van der Waals surface area contributed by atoms with Crippen molar-refractivity contribution in [1.29, 1.82) is 0 Å². The van der Waals surface area contributed by atoms with Gasteiger partial charge in [-0.15, -0.1) is 13.2 Å². The van der Waals surface area contributed by atoms with Crippen LogP contribution in [0, 0.1) is 5.92 Å². The Morgan fingerprint density at radius 3 is 2.48 bits per heavy atom. The van der Waals surface area contributed by atoms with Gasteiger partial charge in [-0.05, 0) is 69.1 Å². The van der Waals surface area contributed by atoms with Gasteiger partial charge in [0.2, 0.25) is 0 Å². The average Bonchev–Trinajstić information content (AvgIpc) is 2.55. The van der Waals surface area contributed by atoms with Crippen molar-refractivity contribution in [3.63, 3.8) is 0 Å². The van der Waals surface area contributed by atoms with Gasteiger partial charge >= 0.3 is 6.36 Å². The van der Waals surface area contributed by atoms with Crippen LogP contribution < -0.4 is 15.8 Å². The maximum Gasteiger partial charge on any atom is 0.573 e. The number of hydrogen-bond donors (Lipinski definition) is 2. The van der Waals surface area contributed by atoms with Crippen LogP contribution in [-0.4, -0.2) is 43.4 Å². The molecule has 1 fully saturated rings. The SMILES string of the molecule is CCCN1CCC(CN=C(N)Nc2ccc(OC(F)(F)F)cc2)CC1. The molecule has 0 saturated carbocycles. The first-order valence-electron chi connectivity index (χ1n) is 8.51. The van der Waals surface area contributed by atoms with Gasteiger partial charge in [-0.25, -0.2) is 0 Å². The van der Waals surface area contributed by atoms with Crippen LogP contribution in [0.25, 0.3) is 0 Å². The number of nitrogens with two attached hydrogens (primary N) is 1. The lowest BCUT2D eigenvalue weighted by molar-refractivity contribution is -0.274. The third-order valence-electron chi connectivity index (χ3n) is 4.13. The number of guanidine groups is 1. The van der Waals surface area contributed by atoms with E-state index in [2.05, 4.69) is 26.9 Å². The standard InChI is InChI=1S/C17H25F3N4O/c1-2-9-24-10-7-13(8-11-24)12-22-16(21)23-14-3-5-15(6-4-14)25-17(18,19)20/h3-6,13H,2,7-12H2,1H3,(H3,21,22,23). The topological polar surface area (TPSA) is 62.9 Å². The van der Waals surface area contributed by atoms with E-state index in [1.165, 1.54) is 30.7 Å². The van der Waals surface area contributed by atoms with Crippen molar-refractivity contribution < 1.29 is 17.9 Å². The summed E-state index contributed by atoms with van der Waals surface area (Å²) in [5.41, 5.74) is 6.42. The Kier molecular flexibility index (Phi) is 6.92. The Hall–Kier alpha value is -1.96. The van der Waals surface area contributed by atoms with Crippen LogP contribution in [0.2, 0.25) is 0 Å². The molecule has 0 amide bonds. The van der Waals surface area contributed by atoms with Crippen LogP contribution in [0.3, 0.4) is 0 Å². The number of rotatable bonds is 6. The number of aliphatic imine (C=N–C) groups is 1. The molecule has 3 N–H and O–H groups in total. The second kappa shape index (κ2) is 8.94. The van der Waals surface area contributed by atoms with Crippen LogP contribution in [0.5, 0.6) is 5.75 Å². The molecule has 0 atom stereocenters. The predicted molar refractivity (Wildman–Crippen MR) is 92.7 cm³/mol. The number of alkyl halides is 3. The monoisotopic (exact) mass is 358 g/mol. The Morgan fingerprint density at radius 2 is 1.92 bits per heavy atom. The normalized spacial score (nSPS) is 17.5. The third kappa shape index (κ3) is 7.21. The van der Waals surface area contributed by atoms with Crippen molar-refractivity contribution in [3.8, 4) is 5.75 Å². The van der Waals surface area contributed by atoms with E-state index >= 15 is 0 Å². The number of piperidine rings is 1. The molecule has 2 rings (SSSR count). The van der Waals surface area contributed by atoms with E-state index in [-0.39, 0.29) is 11.7 Å². The largest absolute Gasteiger partial charge is 0.573 e. The number of ether oxygens (including phenoxy) is 1. The van der Waals surface area contributed by atoms with E-state index in [1.54, 1.807) is 0 Å². The molecule has 8 heteroatoms. The van der Waals surface area contributed by atoms with Gasteiger partial charge < -0.3 is 20.7 Å². The number of anilines is 1. The quantitative estimate of drug-likeness (QED) is 0.604. The van der Waals surface area contributed by atoms with E-state index in [9.17, 15) is 13.2 Å². The zero-order chi connectivity index (χ0) is 18.3. The second-order valence-corrected chi connectivity index (χ2v) is 6.21. The van der Waals surface area contributed by atoms with Crippen molar-refractivity contribution in [1.82, 2.24) is 4.90 Å². The van der Waals surface area contributed by atoms with Crippen molar-refractivity contribution >= 4 is 11.6 Å². The fraction of sp³-hybridized carbons (Fsp3) is 0.588. The van der Waals surface area contributed by atoms with Gasteiger partial charge in [-0.1, -0.05) is 6.92 Å². The Labute approximate surface area is 146 Å². The summed E-state index contributed by atoms with van der Waals surface area (Å²) in [5.74, 6) is 0.517. The zero-order valence-corrected chi connectivity index (χ0v) is 14.4. The number of hydrogen-bond acceptors (Lipinski definition) is 3. The summed E-state index contributed by atoms with van der Waals surface area (Å²) in [7, 11) is 0. The molecule has 0 unspecified atom stereocenters. The van der Waals surface area contributed by atoms with Crippen LogP contribution in [0.1, 0.15) is 26.2 Å². The van der Waals surface area contributed by atoms with E-state index in [0.717, 1.165) is 32.5 Å². The molecule has 0 bridgehead atoms. The van der Waals surface area contributed by atoms with E-state index < -0.39 is 6.36 Å². The van der Waals surface area contributed by atoms with Gasteiger partial charge in [-0.2, -0.15) is 0 Å². The van der Waals surface area contributed by atoms with E-state index in [0.29, 0.717) is 18.2 Å². The number of nitrogens with zero attached hydrogens (tertiary/aromatic N) is 2. The van der Waals surface area contributed by atoms with Gasteiger partial charge in [-0.3, -0.25) is 4.99 Å². The molecule has 1 saturated heterocycles. The third-order valence-corrected chi connectivity index (χ3v) is 4.13. The molecule has 1 aliphatic rings. The molecule has 25 heavy (non-hydrogen) atoms. The summed E-state index contributed by atoms with van der Waals surface area (Å²) in [6.45, 7) is 6.19. The fourth-order valence-electron chi connectivity index (χ4n) is 2.86. The molecular weight excluding hydrogens is 333 g/mol. The minimum atomic E-state index is -4.69. The molecule has 0 aromatic heterocycles. The van der Waals surface area contributed by atoms with Gasteiger partial charge in [0.25, 0.3) is 0 Å². The highest BCUT2D eigenvalue weighted by molar-refractivity contribution is 5.92. The summed E-state index contributed by atoms with van der Waals surface area (Å²) in [6.07, 6.45) is -1.30. The number of likely N-dealkylation sites (tertiary alicyclic amines) is 1. The first-order chi connectivity index (χ1) is 11.9. The minimum absolute atomic E-state index is 0.264. The van der Waals surface area contributed by atoms with Gasteiger partial charge in [0.05, 0.1) is 0 Å². The Balaban J connectivity index is 1.77.